The van der Waals surface area contributed by atoms with Gasteiger partial charge in [0.25, 0.3) is 0 Å². The molecule has 0 spiro atoms. The lowest BCUT2D eigenvalue weighted by atomic mass is 9.87. The van der Waals surface area contributed by atoms with E-state index in [4.69, 9.17) is 4.74 Å². The Hall–Kier alpha value is -1.06. The fourth-order valence-corrected chi connectivity index (χ4v) is 3.15. The van der Waals surface area contributed by atoms with Gasteiger partial charge in [-0.15, -0.1) is 0 Å². The molecule has 1 aromatic rings. The highest BCUT2D eigenvalue weighted by Crippen LogP contribution is 2.34. The molecule has 1 fully saturated rings. The van der Waals surface area contributed by atoms with E-state index >= 15 is 0 Å². The summed E-state index contributed by atoms with van der Waals surface area (Å²) in [4.78, 5) is 2.58. The van der Waals surface area contributed by atoms with Gasteiger partial charge in [0, 0.05) is 31.7 Å². The lowest BCUT2D eigenvalue weighted by Gasteiger charge is -2.42. The van der Waals surface area contributed by atoms with Crippen molar-refractivity contribution in [2.45, 2.75) is 40.2 Å². The Morgan fingerprint density at radius 1 is 1.15 bits per heavy atom. The minimum Gasteiger partial charge on any atom is -0.494 e. The van der Waals surface area contributed by atoms with Gasteiger partial charge in [0.2, 0.25) is 0 Å². The van der Waals surface area contributed by atoms with E-state index in [1.165, 1.54) is 16.7 Å². The van der Waals surface area contributed by atoms with Crippen LogP contribution in [0.2, 0.25) is 0 Å². The molecular weight excluding hydrogens is 248 g/mol. The Bertz CT molecular complexity index is 462. The molecule has 0 unspecified atom stereocenters. The summed E-state index contributed by atoms with van der Waals surface area (Å²) in [6.45, 7) is 16.1. The highest BCUT2D eigenvalue weighted by Gasteiger charge is 2.31. The molecule has 112 valence electrons. The summed E-state index contributed by atoms with van der Waals surface area (Å²) in [7, 11) is 0. The molecule has 1 heterocycles. The number of benzene rings is 1. The number of nitrogens with zero attached hydrogens (tertiary/aromatic N) is 1. The van der Waals surface area contributed by atoms with Gasteiger partial charge in [-0.1, -0.05) is 6.07 Å². The highest BCUT2D eigenvalue weighted by atomic mass is 16.5. The Morgan fingerprint density at radius 2 is 1.80 bits per heavy atom. The first-order valence-electron chi connectivity index (χ1n) is 7.67. The molecule has 0 amide bonds. The molecule has 0 aliphatic carbocycles. The molecule has 0 aromatic heterocycles. The van der Waals surface area contributed by atoms with Gasteiger partial charge in [0.1, 0.15) is 5.75 Å². The first kappa shape index (κ1) is 15.3. The molecular formula is C17H28N2O. The maximum Gasteiger partial charge on any atom is 0.122 e. The second kappa shape index (κ2) is 6.15. The summed E-state index contributed by atoms with van der Waals surface area (Å²) < 4.78 is 5.71. The van der Waals surface area contributed by atoms with Crippen molar-refractivity contribution < 1.29 is 4.74 Å². The highest BCUT2D eigenvalue weighted by molar-refractivity contribution is 5.44. The van der Waals surface area contributed by atoms with Crippen molar-refractivity contribution in [2.24, 2.45) is 0 Å². The summed E-state index contributed by atoms with van der Waals surface area (Å²) >= 11 is 0. The average Bonchev–Trinajstić information content (AvgIpc) is 2.43. The third-order valence-corrected chi connectivity index (χ3v) is 4.39. The van der Waals surface area contributed by atoms with Crippen LogP contribution in [0.5, 0.6) is 5.75 Å². The molecule has 20 heavy (non-hydrogen) atoms. The molecule has 3 nitrogen and oxygen atoms in total. The van der Waals surface area contributed by atoms with E-state index in [-0.39, 0.29) is 5.54 Å². The number of rotatable bonds is 4. The first-order valence-corrected chi connectivity index (χ1v) is 7.67. The molecule has 3 heteroatoms. The van der Waals surface area contributed by atoms with Crippen LogP contribution in [0.15, 0.2) is 12.1 Å². The fraction of sp³-hybridized carbons (Fsp3) is 0.647. The molecule has 1 aliphatic rings. The van der Waals surface area contributed by atoms with Crippen molar-refractivity contribution in [3.05, 3.63) is 28.8 Å². The van der Waals surface area contributed by atoms with Crippen molar-refractivity contribution in [2.75, 3.05) is 32.8 Å². The Morgan fingerprint density at radius 3 is 2.40 bits per heavy atom. The van der Waals surface area contributed by atoms with Crippen LogP contribution in [-0.4, -0.2) is 37.7 Å². The second-order valence-electron chi connectivity index (χ2n) is 6.16. The zero-order chi connectivity index (χ0) is 14.8. The van der Waals surface area contributed by atoms with Crippen molar-refractivity contribution in [1.29, 1.82) is 0 Å². The normalized spacial score (nSPS) is 17.2. The number of piperazine rings is 1. The van der Waals surface area contributed by atoms with Crippen LogP contribution in [0.1, 0.15) is 37.5 Å². The number of aryl methyl sites for hydroxylation is 2. The van der Waals surface area contributed by atoms with Gasteiger partial charge in [0.15, 0.2) is 0 Å². The topological polar surface area (TPSA) is 24.5 Å². The lowest BCUT2D eigenvalue weighted by molar-refractivity contribution is 0.102. The third kappa shape index (κ3) is 2.99. The third-order valence-electron chi connectivity index (χ3n) is 4.39. The Kier molecular flexibility index (Phi) is 4.71. The van der Waals surface area contributed by atoms with Gasteiger partial charge in [0.05, 0.1) is 6.61 Å². The SMILES string of the molecule is CCOc1cc(C)c(C(C)(C)N2CCNCC2)cc1C. The molecule has 1 saturated heterocycles. The zero-order valence-electron chi connectivity index (χ0n) is 13.5. The fourth-order valence-electron chi connectivity index (χ4n) is 3.15. The maximum absolute atomic E-state index is 5.71. The average molecular weight is 276 g/mol. The number of hydrogen-bond acceptors (Lipinski definition) is 3. The van der Waals surface area contributed by atoms with E-state index in [9.17, 15) is 0 Å². The van der Waals surface area contributed by atoms with E-state index in [0.717, 1.165) is 38.5 Å². The summed E-state index contributed by atoms with van der Waals surface area (Å²) in [5.74, 6) is 1.02. The van der Waals surface area contributed by atoms with E-state index in [2.05, 4.69) is 50.0 Å². The number of nitrogens with one attached hydrogen (secondary N) is 1. The molecule has 1 aliphatic heterocycles. The summed E-state index contributed by atoms with van der Waals surface area (Å²) in [6, 6.07) is 4.50. The minimum absolute atomic E-state index is 0.0711. The molecule has 1 N–H and O–H groups in total. The predicted molar refractivity (Wildman–Crippen MR) is 84.6 cm³/mol. The van der Waals surface area contributed by atoms with E-state index < -0.39 is 0 Å². The standard InChI is InChI=1S/C17H28N2O/c1-6-20-16-12-13(2)15(11-14(16)3)17(4,5)19-9-7-18-8-10-19/h11-12,18H,6-10H2,1-5H3. The summed E-state index contributed by atoms with van der Waals surface area (Å²) in [6.07, 6.45) is 0. The van der Waals surface area contributed by atoms with Crippen LogP contribution in [0.25, 0.3) is 0 Å². The van der Waals surface area contributed by atoms with E-state index in [1.807, 2.05) is 6.92 Å². The zero-order valence-corrected chi connectivity index (χ0v) is 13.5. The number of ether oxygens (including phenoxy) is 1. The second-order valence-corrected chi connectivity index (χ2v) is 6.16. The van der Waals surface area contributed by atoms with Gasteiger partial charge in [-0.2, -0.15) is 0 Å². The Labute approximate surface area is 123 Å². The van der Waals surface area contributed by atoms with Crippen LogP contribution in [0, 0.1) is 13.8 Å². The van der Waals surface area contributed by atoms with Gasteiger partial charge in [-0.3, -0.25) is 4.90 Å². The van der Waals surface area contributed by atoms with E-state index in [0.29, 0.717) is 0 Å². The monoisotopic (exact) mass is 276 g/mol. The van der Waals surface area contributed by atoms with Crippen LogP contribution < -0.4 is 10.1 Å². The quantitative estimate of drug-likeness (QED) is 0.915. The van der Waals surface area contributed by atoms with Crippen molar-refractivity contribution in [3.63, 3.8) is 0 Å². The van der Waals surface area contributed by atoms with Crippen LogP contribution >= 0.6 is 0 Å². The largest absolute Gasteiger partial charge is 0.494 e. The Balaban J connectivity index is 2.33. The predicted octanol–water partition coefficient (Wildman–Crippen LogP) is 2.84. The van der Waals surface area contributed by atoms with E-state index in [1.54, 1.807) is 0 Å². The van der Waals surface area contributed by atoms with Crippen LogP contribution in [0.3, 0.4) is 0 Å². The lowest BCUT2D eigenvalue weighted by Crippen LogP contribution is -2.52. The number of hydrogen-bond donors (Lipinski definition) is 1. The van der Waals surface area contributed by atoms with Gasteiger partial charge >= 0.3 is 0 Å². The van der Waals surface area contributed by atoms with Gasteiger partial charge in [-0.25, -0.2) is 0 Å². The molecule has 0 saturated carbocycles. The summed E-state index contributed by atoms with van der Waals surface area (Å²) in [5.41, 5.74) is 4.04. The first-order chi connectivity index (χ1) is 9.46. The molecule has 1 aromatic carbocycles. The van der Waals surface area contributed by atoms with Crippen molar-refractivity contribution in [3.8, 4) is 5.75 Å². The molecule has 0 radical (unpaired) electrons. The van der Waals surface area contributed by atoms with Gasteiger partial charge in [-0.05, 0) is 57.4 Å². The molecule has 0 bridgehead atoms. The minimum atomic E-state index is 0.0711. The van der Waals surface area contributed by atoms with Crippen LogP contribution in [0.4, 0.5) is 0 Å². The van der Waals surface area contributed by atoms with Gasteiger partial charge < -0.3 is 10.1 Å². The molecule has 0 atom stereocenters. The maximum atomic E-state index is 5.71. The summed E-state index contributed by atoms with van der Waals surface area (Å²) in [5, 5.41) is 3.43. The molecule has 2 rings (SSSR count). The smallest absolute Gasteiger partial charge is 0.122 e. The van der Waals surface area contributed by atoms with Crippen molar-refractivity contribution >= 4 is 0 Å². The van der Waals surface area contributed by atoms with Crippen molar-refractivity contribution in [1.82, 2.24) is 10.2 Å². The van der Waals surface area contributed by atoms with Crippen LogP contribution in [-0.2, 0) is 5.54 Å².